The standard InChI is InChI=1S/C36H44N2O10S/c1-23(2)18-38(49(41,42)28-11-12-32-33(17-28)47-22-46-32)19-31(39)30(37-36(40)48-34-21-45-35-29(34)13-14-43-35)16-25-7-9-27(10-8-25)44-20-26-6-4-5-24(3)15-26/h4-12,15,17,23,29-31,34-35,39H,13-14,16,18-22H2,1-3H3,(H,37,40)/t29?,30-,31+,34?,35?/m0/s1. The van der Waals surface area contributed by atoms with Crippen LogP contribution in [0.4, 0.5) is 4.79 Å². The number of rotatable bonds is 14. The summed E-state index contributed by atoms with van der Waals surface area (Å²) < 4.78 is 62.8. The van der Waals surface area contributed by atoms with Crippen molar-refractivity contribution in [1.29, 1.82) is 0 Å². The first-order valence-corrected chi connectivity index (χ1v) is 18.0. The van der Waals surface area contributed by atoms with E-state index >= 15 is 0 Å². The van der Waals surface area contributed by atoms with Crippen molar-refractivity contribution in [3.05, 3.63) is 83.4 Å². The third-order valence-corrected chi connectivity index (χ3v) is 10.6. The number of fused-ring (bicyclic) bond motifs is 2. The molecule has 2 saturated heterocycles. The minimum absolute atomic E-state index is 0.0118. The Balaban J connectivity index is 1.18. The third kappa shape index (κ3) is 8.65. The molecule has 0 aliphatic carbocycles. The van der Waals surface area contributed by atoms with Gasteiger partial charge in [-0.25, -0.2) is 13.2 Å². The van der Waals surface area contributed by atoms with Crippen LogP contribution in [0.25, 0.3) is 0 Å². The highest BCUT2D eigenvalue weighted by molar-refractivity contribution is 7.89. The lowest BCUT2D eigenvalue weighted by Gasteiger charge is -2.31. The summed E-state index contributed by atoms with van der Waals surface area (Å²) in [6.07, 6.45) is -1.98. The first-order chi connectivity index (χ1) is 23.5. The van der Waals surface area contributed by atoms with Crippen LogP contribution in [0.1, 0.15) is 37.0 Å². The highest BCUT2D eigenvalue weighted by atomic mass is 32.2. The van der Waals surface area contributed by atoms with Gasteiger partial charge in [0.2, 0.25) is 16.8 Å². The van der Waals surface area contributed by atoms with Crippen molar-refractivity contribution in [2.24, 2.45) is 11.8 Å². The molecular weight excluding hydrogens is 652 g/mol. The molecular formula is C36H44N2O10S. The quantitative estimate of drug-likeness (QED) is 0.249. The number of benzene rings is 3. The number of nitrogens with one attached hydrogen (secondary N) is 1. The summed E-state index contributed by atoms with van der Waals surface area (Å²) in [6.45, 7) is 6.87. The van der Waals surface area contributed by atoms with E-state index in [0.717, 1.165) is 23.1 Å². The molecule has 0 radical (unpaired) electrons. The van der Waals surface area contributed by atoms with Crippen LogP contribution < -0.4 is 19.5 Å². The normalized spacial score (nSPS) is 21.1. The van der Waals surface area contributed by atoms with E-state index < -0.39 is 40.7 Å². The van der Waals surface area contributed by atoms with Crippen molar-refractivity contribution in [1.82, 2.24) is 9.62 Å². The second kappa shape index (κ2) is 15.3. The molecule has 6 rings (SSSR count). The molecule has 13 heteroatoms. The number of aliphatic hydroxyl groups excluding tert-OH is 1. The fourth-order valence-corrected chi connectivity index (χ4v) is 7.94. The zero-order valence-electron chi connectivity index (χ0n) is 27.9. The van der Waals surface area contributed by atoms with Crippen molar-refractivity contribution in [2.75, 3.05) is 33.1 Å². The molecule has 264 valence electrons. The number of amides is 1. The number of alkyl carbamates (subject to hydrolysis) is 1. The zero-order chi connectivity index (χ0) is 34.5. The van der Waals surface area contributed by atoms with Gasteiger partial charge in [-0.3, -0.25) is 0 Å². The summed E-state index contributed by atoms with van der Waals surface area (Å²) in [5.41, 5.74) is 3.01. The Labute approximate surface area is 287 Å². The second-order valence-corrected chi connectivity index (χ2v) is 15.1. The van der Waals surface area contributed by atoms with E-state index in [0.29, 0.717) is 30.5 Å². The molecule has 0 aromatic heterocycles. The Morgan fingerprint density at radius 3 is 2.57 bits per heavy atom. The van der Waals surface area contributed by atoms with Crippen LogP contribution in [0, 0.1) is 18.8 Å². The van der Waals surface area contributed by atoms with E-state index in [2.05, 4.69) is 11.4 Å². The van der Waals surface area contributed by atoms with E-state index in [1.54, 1.807) is 6.07 Å². The fraction of sp³-hybridized carbons (Fsp3) is 0.472. The van der Waals surface area contributed by atoms with E-state index in [4.69, 9.17) is 28.4 Å². The van der Waals surface area contributed by atoms with Crippen molar-refractivity contribution < 1.29 is 46.7 Å². The molecule has 3 aromatic rings. The highest BCUT2D eigenvalue weighted by Crippen LogP contribution is 2.35. The molecule has 0 bridgehead atoms. The average Bonchev–Trinajstić information content (AvgIpc) is 3.82. The van der Waals surface area contributed by atoms with Gasteiger partial charge in [-0.1, -0.05) is 55.8 Å². The molecule has 5 atom stereocenters. The predicted octanol–water partition coefficient (Wildman–Crippen LogP) is 4.41. The van der Waals surface area contributed by atoms with E-state index in [1.165, 1.54) is 16.4 Å². The number of aryl methyl sites for hydroxylation is 1. The molecule has 0 saturated carbocycles. The molecule has 3 aromatic carbocycles. The molecule has 1 amide bonds. The Morgan fingerprint density at radius 2 is 1.80 bits per heavy atom. The van der Waals surface area contributed by atoms with Crippen LogP contribution in [0.5, 0.6) is 17.2 Å². The Kier molecular flexibility index (Phi) is 10.9. The molecule has 3 aliphatic rings. The minimum atomic E-state index is -4.07. The van der Waals surface area contributed by atoms with Crippen LogP contribution >= 0.6 is 0 Å². The third-order valence-electron chi connectivity index (χ3n) is 8.82. The fourth-order valence-electron chi connectivity index (χ4n) is 6.30. The van der Waals surface area contributed by atoms with Crippen LogP contribution in [-0.2, 0) is 37.3 Å². The predicted molar refractivity (Wildman–Crippen MR) is 179 cm³/mol. The molecule has 2 N–H and O–H groups in total. The lowest BCUT2D eigenvalue weighted by Crippen LogP contribution is -2.51. The van der Waals surface area contributed by atoms with Gasteiger partial charge in [0.05, 0.1) is 36.2 Å². The SMILES string of the molecule is Cc1cccc(COc2ccc(C[C@H](NC(=O)OC3COC4OCCC34)[C@H](O)CN(CC(C)C)S(=O)(=O)c3ccc4c(c3)OCO4)cc2)c1. The lowest BCUT2D eigenvalue weighted by atomic mass is 10.0. The average molecular weight is 697 g/mol. The van der Waals surface area contributed by atoms with Gasteiger partial charge in [0, 0.05) is 19.2 Å². The van der Waals surface area contributed by atoms with Crippen LogP contribution in [0.15, 0.2) is 71.6 Å². The minimum Gasteiger partial charge on any atom is -0.489 e. The molecule has 49 heavy (non-hydrogen) atoms. The summed E-state index contributed by atoms with van der Waals surface area (Å²) in [4.78, 5) is 13.3. The summed E-state index contributed by atoms with van der Waals surface area (Å²) >= 11 is 0. The van der Waals surface area contributed by atoms with Gasteiger partial charge >= 0.3 is 6.09 Å². The number of hydrogen-bond acceptors (Lipinski definition) is 10. The number of carbonyl (C=O) groups is 1. The Hall–Kier alpha value is -3.88. The second-order valence-electron chi connectivity index (χ2n) is 13.1. The molecule has 0 spiro atoms. The van der Waals surface area contributed by atoms with Gasteiger partial charge in [-0.15, -0.1) is 0 Å². The van der Waals surface area contributed by atoms with Gasteiger partial charge in [0.1, 0.15) is 18.5 Å². The van der Waals surface area contributed by atoms with E-state index in [1.807, 2.05) is 63.2 Å². The lowest BCUT2D eigenvalue weighted by molar-refractivity contribution is -0.0907. The van der Waals surface area contributed by atoms with Gasteiger partial charge in [0.25, 0.3) is 0 Å². The smallest absolute Gasteiger partial charge is 0.407 e. The Bertz CT molecular complexity index is 1700. The Morgan fingerprint density at radius 1 is 1.00 bits per heavy atom. The molecule has 3 aliphatic heterocycles. The van der Waals surface area contributed by atoms with Crippen molar-refractivity contribution in [3.8, 4) is 17.2 Å². The van der Waals surface area contributed by atoms with Gasteiger partial charge in [0.15, 0.2) is 17.8 Å². The van der Waals surface area contributed by atoms with Crippen molar-refractivity contribution >= 4 is 16.1 Å². The largest absolute Gasteiger partial charge is 0.489 e. The van der Waals surface area contributed by atoms with Gasteiger partial charge in [-0.2, -0.15) is 4.31 Å². The number of aliphatic hydroxyl groups is 1. The first-order valence-electron chi connectivity index (χ1n) is 16.6. The summed E-state index contributed by atoms with van der Waals surface area (Å²) in [6, 6.07) is 19.0. The molecule has 12 nitrogen and oxygen atoms in total. The number of carbonyl (C=O) groups excluding carboxylic acids is 1. The molecule has 2 fully saturated rings. The van der Waals surface area contributed by atoms with E-state index in [9.17, 15) is 18.3 Å². The summed E-state index contributed by atoms with van der Waals surface area (Å²) in [5.74, 6) is 1.36. The molecule has 3 unspecified atom stereocenters. The number of hydrogen-bond donors (Lipinski definition) is 2. The van der Waals surface area contributed by atoms with Crippen LogP contribution in [0.3, 0.4) is 0 Å². The van der Waals surface area contributed by atoms with E-state index in [-0.39, 0.29) is 49.6 Å². The number of sulfonamides is 1. The molecule has 3 heterocycles. The first kappa shape index (κ1) is 35.0. The van der Waals surface area contributed by atoms with Crippen molar-refractivity contribution in [2.45, 2.75) is 69.7 Å². The summed E-state index contributed by atoms with van der Waals surface area (Å²) in [7, 11) is -4.07. The number of nitrogens with zero attached hydrogens (tertiary/aromatic N) is 1. The van der Waals surface area contributed by atoms with Gasteiger partial charge < -0.3 is 38.8 Å². The maximum absolute atomic E-state index is 13.9. The van der Waals surface area contributed by atoms with Crippen LogP contribution in [0.2, 0.25) is 0 Å². The summed E-state index contributed by atoms with van der Waals surface area (Å²) in [5, 5.41) is 14.5. The number of ether oxygens (including phenoxy) is 6. The maximum Gasteiger partial charge on any atom is 0.407 e. The maximum atomic E-state index is 13.9. The zero-order valence-corrected chi connectivity index (χ0v) is 28.8. The monoisotopic (exact) mass is 696 g/mol. The topological polar surface area (TPSA) is 142 Å². The van der Waals surface area contributed by atoms with Crippen LogP contribution in [-0.4, -0.2) is 81.6 Å². The van der Waals surface area contributed by atoms with Crippen molar-refractivity contribution in [3.63, 3.8) is 0 Å². The highest BCUT2D eigenvalue weighted by Gasteiger charge is 2.44. The van der Waals surface area contributed by atoms with Gasteiger partial charge in [-0.05, 0) is 61.1 Å².